The third-order valence-electron chi connectivity index (χ3n) is 2.35. The third-order valence-corrected chi connectivity index (χ3v) is 4.26. The van der Waals surface area contributed by atoms with E-state index >= 15 is 0 Å². The van der Waals surface area contributed by atoms with Gasteiger partial charge in [0.2, 0.25) is 10.0 Å². The first-order chi connectivity index (χ1) is 9.27. The molecule has 1 aromatic carbocycles. The van der Waals surface area contributed by atoms with Gasteiger partial charge in [0.05, 0.1) is 16.4 Å². The van der Waals surface area contributed by atoms with E-state index in [1.54, 1.807) is 13.8 Å². The van der Waals surface area contributed by atoms with Gasteiger partial charge < -0.3 is 4.74 Å². The molecule has 0 aliphatic rings. The highest BCUT2D eigenvalue weighted by Crippen LogP contribution is 2.27. The van der Waals surface area contributed by atoms with Crippen molar-refractivity contribution in [2.75, 3.05) is 13.2 Å². The van der Waals surface area contributed by atoms with Gasteiger partial charge in [-0.2, -0.15) is 0 Å². The average Bonchev–Trinajstić information content (AvgIpc) is 2.35. The van der Waals surface area contributed by atoms with Gasteiger partial charge in [0.15, 0.2) is 0 Å². The summed E-state index contributed by atoms with van der Waals surface area (Å²) in [7, 11) is -3.86. The number of nitro groups is 1. The Balaban J connectivity index is 2.98. The molecule has 1 atom stereocenters. The fraction of sp³-hybridized carbons (Fsp3) is 0.455. The SMILES string of the molecule is CCOCC(C)NS(=O)(=O)c1ccc(Cl)c([N+](=O)[O-])c1. The molecule has 0 bridgehead atoms. The van der Waals surface area contributed by atoms with Gasteiger partial charge in [-0.15, -0.1) is 0 Å². The van der Waals surface area contributed by atoms with E-state index in [4.69, 9.17) is 16.3 Å². The molecule has 20 heavy (non-hydrogen) atoms. The summed E-state index contributed by atoms with van der Waals surface area (Å²) in [5, 5.41) is 10.6. The molecular weight excluding hydrogens is 308 g/mol. The maximum Gasteiger partial charge on any atom is 0.289 e. The standard InChI is InChI=1S/C11H15ClN2O5S/c1-3-19-7-8(2)13-20(17,18)9-4-5-10(12)11(6-9)14(15)16/h4-6,8,13H,3,7H2,1-2H3. The number of nitro benzene ring substituents is 1. The molecule has 0 fully saturated rings. The van der Waals surface area contributed by atoms with E-state index in [9.17, 15) is 18.5 Å². The van der Waals surface area contributed by atoms with Gasteiger partial charge in [-0.1, -0.05) is 11.6 Å². The molecule has 112 valence electrons. The largest absolute Gasteiger partial charge is 0.380 e. The van der Waals surface area contributed by atoms with Gasteiger partial charge in [-0.05, 0) is 26.0 Å². The predicted octanol–water partition coefficient (Wildman–Crippen LogP) is 1.95. The Bertz CT molecular complexity index is 590. The number of hydrogen-bond acceptors (Lipinski definition) is 5. The van der Waals surface area contributed by atoms with Crippen molar-refractivity contribution < 1.29 is 18.1 Å². The maximum absolute atomic E-state index is 12.1. The van der Waals surface area contributed by atoms with E-state index in [0.29, 0.717) is 6.61 Å². The highest BCUT2D eigenvalue weighted by atomic mass is 35.5. The molecule has 0 aliphatic heterocycles. The minimum absolute atomic E-state index is 0.115. The summed E-state index contributed by atoms with van der Waals surface area (Å²) < 4.78 is 31.6. The van der Waals surface area contributed by atoms with E-state index in [2.05, 4.69) is 4.72 Å². The van der Waals surface area contributed by atoms with Gasteiger partial charge in [-0.3, -0.25) is 10.1 Å². The molecule has 1 unspecified atom stereocenters. The van der Waals surface area contributed by atoms with E-state index in [1.165, 1.54) is 12.1 Å². The zero-order valence-corrected chi connectivity index (χ0v) is 12.6. The molecule has 1 aromatic rings. The number of ether oxygens (including phenoxy) is 1. The van der Waals surface area contributed by atoms with Crippen LogP contribution in [-0.2, 0) is 14.8 Å². The number of benzene rings is 1. The molecule has 0 aliphatic carbocycles. The molecule has 1 rings (SSSR count). The van der Waals surface area contributed by atoms with E-state index in [-0.39, 0.29) is 16.5 Å². The lowest BCUT2D eigenvalue weighted by molar-refractivity contribution is -0.384. The topological polar surface area (TPSA) is 98.5 Å². The van der Waals surface area contributed by atoms with E-state index < -0.39 is 26.7 Å². The van der Waals surface area contributed by atoms with Crippen molar-refractivity contribution in [3.63, 3.8) is 0 Å². The first kappa shape index (κ1) is 16.8. The van der Waals surface area contributed by atoms with Crippen LogP contribution in [0.2, 0.25) is 5.02 Å². The van der Waals surface area contributed by atoms with E-state index in [1.807, 2.05) is 0 Å². The molecule has 0 spiro atoms. The quantitative estimate of drug-likeness (QED) is 0.611. The number of halogens is 1. The summed E-state index contributed by atoms with van der Waals surface area (Å²) in [5.41, 5.74) is -0.452. The van der Waals surface area contributed by atoms with Crippen LogP contribution < -0.4 is 4.72 Å². The summed E-state index contributed by atoms with van der Waals surface area (Å²) in [6.45, 7) is 4.12. The van der Waals surface area contributed by atoms with Crippen molar-refractivity contribution in [1.29, 1.82) is 0 Å². The molecule has 0 aromatic heterocycles. The van der Waals surface area contributed by atoms with Crippen molar-refractivity contribution in [3.05, 3.63) is 33.3 Å². The molecule has 0 saturated heterocycles. The van der Waals surface area contributed by atoms with Crippen LogP contribution in [0.4, 0.5) is 5.69 Å². The van der Waals surface area contributed by atoms with Crippen LogP contribution in [0.3, 0.4) is 0 Å². The molecule has 1 N–H and O–H groups in total. The summed E-state index contributed by atoms with van der Waals surface area (Å²) >= 11 is 5.64. The molecular formula is C11H15ClN2O5S. The first-order valence-electron chi connectivity index (χ1n) is 5.82. The van der Waals surface area contributed by atoms with Crippen LogP contribution in [0, 0.1) is 10.1 Å². The predicted molar refractivity (Wildman–Crippen MR) is 74.4 cm³/mol. The van der Waals surface area contributed by atoms with Gasteiger partial charge >= 0.3 is 0 Å². The zero-order valence-electron chi connectivity index (χ0n) is 11.0. The monoisotopic (exact) mass is 322 g/mol. The van der Waals surface area contributed by atoms with Crippen molar-refractivity contribution in [3.8, 4) is 0 Å². The first-order valence-corrected chi connectivity index (χ1v) is 7.68. The van der Waals surface area contributed by atoms with Crippen LogP contribution in [0.15, 0.2) is 23.1 Å². The third kappa shape index (κ3) is 4.41. The van der Waals surface area contributed by atoms with Crippen molar-refractivity contribution in [2.24, 2.45) is 0 Å². The van der Waals surface area contributed by atoms with Gasteiger partial charge in [0.1, 0.15) is 5.02 Å². The van der Waals surface area contributed by atoms with Crippen molar-refractivity contribution >= 4 is 27.3 Å². The Kier molecular flexibility index (Phi) is 5.88. The summed E-state index contributed by atoms with van der Waals surface area (Å²) in [4.78, 5) is 9.81. The minimum atomic E-state index is -3.86. The molecule has 0 radical (unpaired) electrons. The van der Waals surface area contributed by atoms with Crippen molar-refractivity contribution in [1.82, 2.24) is 4.72 Å². The van der Waals surface area contributed by atoms with Crippen LogP contribution in [0.5, 0.6) is 0 Å². The number of sulfonamides is 1. The second-order valence-corrected chi connectivity index (χ2v) is 6.17. The van der Waals surface area contributed by atoms with Crippen LogP contribution in [0.25, 0.3) is 0 Å². The molecule has 0 saturated carbocycles. The minimum Gasteiger partial charge on any atom is -0.380 e. The van der Waals surface area contributed by atoms with Crippen LogP contribution in [-0.4, -0.2) is 32.6 Å². The normalized spacial score (nSPS) is 13.2. The van der Waals surface area contributed by atoms with Gasteiger partial charge in [-0.25, -0.2) is 13.1 Å². The second-order valence-electron chi connectivity index (χ2n) is 4.05. The Morgan fingerprint density at radius 2 is 2.15 bits per heavy atom. The Morgan fingerprint density at radius 3 is 2.70 bits per heavy atom. The molecule has 0 heterocycles. The van der Waals surface area contributed by atoms with Crippen LogP contribution >= 0.6 is 11.6 Å². The second kappa shape index (κ2) is 6.98. The molecule has 7 nitrogen and oxygen atoms in total. The Morgan fingerprint density at radius 1 is 1.50 bits per heavy atom. The highest BCUT2D eigenvalue weighted by molar-refractivity contribution is 7.89. The zero-order chi connectivity index (χ0) is 15.3. The smallest absolute Gasteiger partial charge is 0.289 e. The van der Waals surface area contributed by atoms with Gasteiger partial charge in [0.25, 0.3) is 5.69 Å². The summed E-state index contributed by atoms with van der Waals surface area (Å²) in [6.07, 6.45) is 0. The highest BCUT2D eigenvalue weighted by Gasteiger charge is 2.22. The van der Waals surface area contributed by atoms with E-state index in [0.717, 1.165) is 6.07 Å². The number of nitrogens with one attached hydrogen (secondary N) is 1. The fourth-order valence-corrected chi connectivity index (χ4v) is 2.90. The average molecular weight is 323 g/mol. The lowest BCUT2D eigenvalue weighted by atomic mass is 10.3. The summed E-state index contributed by atoms with van der Waals surface area (Å²) in [6, 6.07) is 2.87. The molecule has 0 amide bonds. The van der Waals surface area contributed by atoms with Crippen molar-refractivity contribution in [2.45, 2.75) is 24.8 Å². The number of hydrogen-bond donors (Lipinski definition) is 1. The molecule has 9 heteroatoms. The fourth-order valence-electron chi connectivity index (χ4n) is 1.46. The number of nitrogens with zero attached hydrogens (tertiary/aromatic N) is 1. The summed E-state index contributed by atoms with van der Waals surface area (Å²) in [5.74, 6) is 0. The number of rotatable bonds is 7. The van der Waals surface area contributed by atoms with Crippen LogP contribution in [0.1, 0.15) is 13.8 Å². The Hall–Kier alpha value is -1.22. The Labute approximate surface area is 122 Å². The lowest BCUT2D eigenvalue weighted by Gasteiger charge is -2.14. The maximum atomic E-state index is 12.1. The van der Waals surface area contributed by atoms with Gasteiger partial charge in [0, 0.05) is 18.7 Å². The lowest BCUT2D eigenvalue weighted by Crippen LogP contribution is -2.35.